The van der Waals surface area contributed by atoms with Gasteiger partial charge in [0.15, 0.2) is 23.1 Å². The summed E-state index contributed by atoms with van der Waals surface area (Å²) in [5.74, 6) is 1.38. The van der Waals surface area contributed by atoms with Gasteiger partial charge in [-0.3, -0.25) is 9.59 Å². The average molecular weight is 395 g/mol. The van der Waals surface area contributed by atoms with Crippen LogP contribution < -0.4 is 14.8 Å². The van der Waals surface area contributed by atoms with Crippen LogP contribution in [0.25, 0.3) is 0 Å². The molecule has 0 amide bonds. The lowest BCUT2D eigenvalue weighted by atomic mass is 9.71. The highest BCUT2D eigenvalue weighted by Gasteiger charge is 2.40. The topological polar surface area (TPSA) is 64.6 Å². The maximum absolute atomic E-state index is 12.9. The van der Waals surface area contributed by atoms with E-state index in [9.17, 15) is 9.59 Å². The van der Waals surface area contributed by atoms with Gasteiger partial charge in [0.2, 0.25) is 0 Å². The number of ketones is 2. The van der Waals surface area contributed by atoms with Crippen LogP contribution in [0.2, 0.25) is 0 Å². The number of allylic oxidation sites excluding steroid dienone is 4. The van der Waals surface area contributed by atoms with Crippen molar-refractivity contribution in [2.45, 2.75) is 64.7 Å². The number of hydrogen-bond acceptors (Lipinski definition) is 5. The molecule has 1 aromatic carbocycles. The number of ether oxygens (including phenoxy) is 2. The molecule has 5 heteroatoms. The summed E-state index contributed by atoms with van der Waals surface area (Å²) in [6.45, 7) is 5.15. The zero-order valence-corrected chi connectivity index (χ0v) is 17.3. The van der Waals surface area contributed by atoms with E-state index in [-0.39, 0.29) is 17.5 Å². The largest absolute Gasteiger partial charge is 0.490 e. The van der Waals surface area contributed by atoms with Crippen molar-refractivity contribution in [1.29, 1.82) is 0 Å². The quantitative estimate of drug-likeness (QED) is 0.764. The molecule has 1 heterocycles. The van der Waals surface area contributed by atoms with E-state index in [0.29, 0.717) is 37.6 Å². The summed E-state index contributed by atoms with van der Waals surface area (Å²) in [4.78, 5) is 25.8. The number of nitrogens with one attached hydrogen (secondary N) is 1. The van der Waals surface area contributed by atoms with Gasteiger partial charge in [0, 0.05) is 41.3 Å². The third kappa shape index (κ3) is 3.70. The lowest BCUT2D eigenvalue weighted by Gasteiger charge is -2.37. The highest BCUT2D eigenvalue weighted by atomic mass is 16.5. The van der Waals surface area contributed by atoms with Crippen LogP contribution in [0.1, 0.15) is 70.3 Å². The van der Waals surface area contributed by atoms with Crippen LogP contribution in [0.3, 0.4) is 0 Å². The number of hydrogen-bond donors (Lipinski definition) is 1. The number of Topliss-reactive ketones (excluding diaryl/α,β-unsaturated/α-hetero) is 2. The predicted molar refractivity (Wildman–Crippen MR) is 111 cm³/mol. The summed E-state index contributed by atoms with van der Waals surface area (Å²) in [6.07, 6.45) is 5.45. The fraction of sp³-hybridized carbons (Fsp3) is 0.500. The van der Waals surface area contributed by atoms with Gasteiger partial charge in [-0.1, -0.05) is 13.0 Å². The van der Waals surface area contributed by atoms with Crippen molar-refractivity contribution in [3.63, 3.8) is 0 Å². The normalized spacial score (nSPS) is 19.7. The molecule has 0 fully saturated rings. The van der Waals surface area contributed by atoms with Crippen LogP contribution in [0, 0.1) is 0 Å². The van der Waals surface area contributed by atoms with E-state index in [1.54, 1.807) is 0 Å². The molecule has 0 atom stereocenters. The molecule has 1 aromatic rings. The minimum atomic E-state index is -0.304. The highest BCUT2D eigenvalue weighted by Crippen LogP contribution is 2.46. The van der Waals surface area contributed by atoms with Crippen molar-refractivity contribution in [2.75, 3.05) is 13.2 Å². The fourth-order valence-electron chi connectivity index (χ4n) is 4.62. The lowest BCUT2D eigenvalue weighted by molar-refractivity contribution is -0.116. The summed E-state index contributed by atoms with van der Waals surface area (Å²) < 4.78 is 11.7. The van der Waals surface area contributed by atoms with Gasteiger partial charge in [-0.2, -0.15) is 0 Å². The average Bonchev–Trinajstić information content (AvgIpc) is 2.72. The molecule has 3 aliphatic rings. The fourth-order valence-corrected chi connectivity index (χ4v) is 4.62. The van der Waals surface area contributed by atoms with Crippen molar-refractivity contribution >= 4 is 11.6 Å². The van der Waals surface area contributed by atoms with Gasteiger partial charge in [0.25, 0.3) is 0 Å². The summed E-state index contributed by atoms with van der Waals surface area (Å²) >= 11 is 0. The van der Waals surface area contributed by atoms with Gasteiger partial charge < -0.3 is 14.8 Å². The molecule has 0 saturated carbocycles. The molecule has 154 valence electrons. The lowest BCUT2D eigenvalue weighted by Crippen LogP contribution is -2.36. The van der Waals surface area contributed by atoms with Crippen LogP contribution in [-0.2, 0) is 9.59 Å². The second kappa shape index (κ2) is 8.44. The molecule has 1 N–H and O–H groups in total. The van der Waals surface area contributed by atoms with E-state index in [4.69, 9.17) is 9.47 Å². The molecule has 0 aromatic heterocycles. The summed E-state index contributed by atoms with van der Waals surface area (Å²) in [5, 5.41) is 3.46. The molecule has 1 aliphatic heterocycles. The Balaban J connectivity index is 1.82. The monoisotopic (exact) mass is 395 g/mol. The Labute approximate surface area is 172 Å². The molecule has 0 spiro atoms. The Hall–Kier alpha value is -2.56. The summed E-state index contributed by atoms with van der Waals surface area (Å²) in [6, 6.07) is 5.87. The first-order valence-electron chi connectivity index (χ1n) is 10.8. The Morgan fingerprint density at radius 1 is 0.897 bits per heavy atom. The maximum Gasteiger partial charge on any atom is 0.161 e. The Morgan fingerprint density at radius 3 is 2.14 bits per heavy atom. The van der Waals surface area contributed by atoms with Gasteiger partial charge in [-0.05, 0) is 56.7 Å². The standard InChI is InChI=1S/C24H29NO4/c1-3-13-29-20-12-11-15(14-21(20)28-4-2)22-23-16(7-5-9-18(23)26)25-17-8-6-10-19(27)24(17)22/h11-12,14,22,25H,3-10,13H2,1-2H3. The van der Waals surface area contributed by atoms with E-state index in [0.717, 1.165) is 60.2 Å². The van der Waals surface area contributed by atoms with E-state index in [2.05, 4.69) is 12.2 Å². The Kier molecular flexibility index (Phi) is 5.74. The van der Waals surface area contributed by atoms with Crippen molar-refractivity contribution in [3.05, 3.63) is 46.3 Å². The molecule has 2 aliphatic carbocycles. The zero-order chi connectivity index (χ0) is 20.4. The summed E-state index contributed by atoms with van der Waals surface area (Å²) in [7, 11) is 0. The molecule has 4 rings (SSSR count). The highest BCUT2D eigenvalue weighted by molar-refractivity contribution is 6.06. The molecule has 0 radical (unpaired) electrons. The molecule has 0 saturated heterocycles. The molecular weight excluding hydrogens is 366 g/mol. The molecule has 0 unspecified atom stereocenters. The first-order valence-corrected chi connectivity index (χ1v) is 10.8. The van der Waals surface area contributed by atoms with E-state index >= 15 is 0 Å². The first-order chi connectivity index (χ1) is 14.1. The van der Waals surface area contributed by atoms with Crippen molar-refractivity contribution in [3.8, 4) is 11.5 Å². The van der Waals surface area contributed by atoms with Crippen LogP contribution in [0.15, 0.2) is 40.7 Å². The third-order valence-electron chi connectivity index (χ3n) is 5.85. The predicted octanol–water partition coefficient (Wildman–Crippen LogP) is 4.58. The minimum Gasteiger partial charge on any atom is -0.490 e. The Morgan fingerprint density at radius 2 is 1.55 bits per heavy atom. The van der Waals surface area contributed by atoms with Crippen molar-refractivity contribution in [2.24, 2.45) is 0 Å². The van der Waals surface area contributed by atoms with E-state index in [1.165, 1.54) is 0 Å². The number of carbonyl (C=O) groups excluding carboxylic acids is 2. The van der Waals surface area contributed by atoms with E-state index in [1.807, 2.05) is 25.1 Å². The maximum atomic E-state index is 12.9. The third-order valence-corrected chi connectivity index (χ3v) is 5.85. The van der Waals surface area contributed by atoms with Gasteiger partial charge in [-0.15, -0.1) is 0 Å². The first kappa shape index (κ1) is 19.7. The van der Waals surface area contributed by atoms with Crippen LogP contribution in [-0.4, -0.2) is 24.8 Å². The smallest absolute Gasteiger partial charge is 0.161 e. The Bertz CT molecular complexity index is 854. The second-order valence-corrected chi connectivity index (χ2v) is 7.88. The number of rotatable bonds is 6. The minimum absolute atomic E-state index is 0.151. The van der Waals surface area contributed by atoms with E-state index < -0.39 is 0 Å². The summed E-state index contributed by atoms with van der Waals surface area (Å²) in [5.41, 5.74) is 4.49. The van der Waals surface area contributed by atoms with Gasteiger partial charge in [0.1, 0.15) is 0 Å². The number of benzene rings is 1. The van der Waals surface area contributed by atoms with Gasteiger partial charge >= 0.3 is 0 Å². The molecule has 29 heavy (non-hydrogen) atoms. The van der Waals surface area contributed by atoms with Gasteiger partial charge in [-0.25, -0.2) is 0 Å². The molecule has 5 nitrogen and oxygen atoms in total. The number of dihydropyridines is 1. The van der Waals surface area contributed by atoms with Crippen LogP contribution in [0.4, 0.5) is 0 Å². The van der Waals surface area contributed by atoms with Crippen LogP contribution >= 0.6 is 0 Å². The second-order valence-electron chi connectivity index (χ2n) is 7.88. The SMILES string of the molecule is CCCOc1ccc(C2C3=C(CCCC3=O)NC3=C2C(=O)CCC3)cc1OCC. The van der Waals surface area contributed by atoms with Crippen molar-refractivity contribution < 1.29 is 19.1 Å². The molecule has 0 bridgehead atoms. The van der Waals surface area contributed by atoms with Gasteiger partial charge in [0.05, 0.1) is 13.2 Å². The zero-order valence-electron chi connectivity index (χ0n) is 17.3. The van der Waals surface area contributed by atoms with Crippen LogP contribution in [0.5, 0.6) is 11.5 Å². The molecular formula is C24H29NO4. The number of carbonyl (C=O) groups is 2. The van der Waals surface area contributed by atoms with Crippen molar-refractivity contribution in [1.82, 2.24) is 5.32 Å².